The number of rotatable bonds is 11. The van der Waals surface area contributed by atoms with E-state index in [-0.39, 0.29) is 23.2 Å². The van der Waals surface area contributed by atoms with Gasteiger partial charge in [-0.25, -0.2) is 8.42 Å². The number of hydrogen-bond donors (Lipinski definition) is 1. The van der Waals surface area contributed by atoms with Crippen LogP contribution in [0.2, 0.25) is 10.0 Å². The summed E-state index contributed by atoms with van der Waals surface area (Å²) in [6.45, 7) is 3.64. The minimum atomic E-state index is -3.84. The quantitative estimate of drug-likeness (QED) is 0.458. The summed E-state index contributed by atoms with van der Waals surface area (Å²) >= 11 is 12.5. The Morgan fingerprint density at radius 2 is 1.64 bits per heavy atom. The van der Waals surface area contributed by atoms with Crippen LogP contribution in [0.5, 0.6) is 0 Å². The topological polar surface area (TPSA) is 86.8 Å². The fourth-order valence-electron chi connectivity index (χ4n) is 3.18. The molecule has 0 heterocycles. The number of halogens is 2. The predicted octanol–water partition coefficient (Wildman–Crippen LogP) is 4.09. The Labute approximate surface area is 205 Å². The molecule has 1 N–H and O–H groups in total. The second-order valence-corrected chi connectivity index (χ2v) is 10.4. The molecule has 2 aromatic rings. The molecule has 0 aliphatic heterocycles. The molecule has 180 valence electrons. The van der Waals surface area contributed by atoms with Gasteiger partial charge < -0.3 is 10.2 Å². The summed E-state index contributed by atoms with van der Waals surface area (Å²) in [4.78, 5) is 27.5. The van der Waals surface area contributed by atoms with Crippen LogP contribution in [0.3, 0.4) is 0 Å². The van der Waals surface area contributed by atoms with Crippen LogP contribution >= 0.6 is 23.2 Å². The molecule has 33 heavy (non-hydrogen) atoms. The van der Waals surface area contributed by atoms with E-state index >= 15 is 0 Å². The van der Waals surface area contributed by atoms with Gasteiger partial charge in [-0.15, -0.1) is 0 Å². The molecule has 7 nitrogen and oxygen atoms in total. The van der Waals surface area contributed by atoms with Crippen molar-refractivity contribution in [3.05, 3.63) is 64.1 Å². The van der Waals surface area contributed by atoms with E-state index in [9.17, 15) is 18.0 Å². The highest BCUT2D eigenvalue weighted by molar-refractivity contribution is 7.92. The SMILES string of the molecule is CCCCNC(=O)C(C)N(Cc1ccccc1Cl)C(=O)CN(c1ccccc1Cl)S(C)(=O)=O. The molecule has 0 radical (unpaired) electrons. The van der Waals surface area contributed by atoms with Crippen LogP contribution < -0.4 is 9.62 Å². The number of nitrogens with zero attached hydrogens (tertiary/aromatic N) is 2. The molecule has 0 aromatic heterocycles. The highest BCUT2D eigenvalue weighted by atomic mass is 35.5. The van der Waals surface area contributed by atoms with Crippen molar-refractivity contribution in [1.82, 2.24) is 10.2 Å². The summed E-state index contributed by atoms with van der Waals surface area (Å²) in [5, 5.41) is 3.46. The minimum Gasteiger partial charge on any atom is -0.354 e. The van der Waals surface area contributed by atoms with Crippen LogP contribution in [0.4, 0.5) is 5.69 Å². The summed E-state index contributed by atoms with van der Waals surface area (Å²) in [7, 11) is -3.84. The number of amides is 2. The fraction of sp³-hybridized carbons (Fsp3) is 0.391. The molecule has 0 saturated heterocycles. The van der Waals surface area contributed by atoms with Crippen molar-refractivity contribution < 1.29 is 18.0 Å². The number of sulfonamides is 1. The largest absolute Gasteiger partial charge is 0.354 e. The van der Waals surface area contributed by atoms with Crippen LogP contribution in [0.15, 0.2) is 48.5 Å². The molecule has 2 amide bonds. The lowest BCUT2D eigenvalue weighted by molar-refractivity contribution is -0.139. The first kappa shape index (κ1) is 27.0. The molecule has 2 rings (SSSR count). The average molecular weight is 514 g/mol. The molecule has 0 saturated carbocycles. The molecule has 1 unspecified atom stereocenters. The van der Waals surface area contributed by atoms with Crippen LogP contribution in [-0.2, 0) is 26.2 Å². The maximum absolute atomic E-state index is 13.4. The van der Waals surface area contributed by atoms with Crippen LogP contribution in [-0.4, -0.2) is 50.5 Å². The Morgan fingerprint density at radius 1 is 1.03 bits per heavy atom. The van der Waals surface area contributed by atoms with E-state index in [0.29, 0.717) is 17.1 Å². The van der Waals surface area contributed by atoms with E-state index in [1.54, 1.807) is 49.4 Å². The highest BCUT2D eigenvalue weighted by Gasteiger charge is 2.30. The Balaban J connectivity index is 2.37. The van der Waals surface area contributed by atoms with Crippen molar-refractivity contribution in [2.45, 2.75) is 39.3 Å². The van der Waals surface area contributed by atoms with Gasteiger partial charge in [0, 0.05) is 18.1 Å². The standard InChI is InChI=1S/C23H29Cl2N3O4S/c1-4-5-14-26-23(30)17(2)27(15-18-10-6-7-11-19(18)24)22(29)16-28(33(3,31)32)21-13-9-8-12-20(21)25/h6-13,17H,4-5,14-16H2,1-3H3,(H,26,30). The summed E-state index contributed by atoms with van der Waals surface area (Å²) in [6, 6.07) is 12.5. The average Bonchev–Trinajstić information content (AvgIpc) is 2.76. The molecule has 10 heteroatoms. The Bertz CT molecular complexity index is 1080. The zero-order valence-corrected chi connectivity index (χ0v) is 21.3. The summed E-state index contributed by atoms with van der Waals surface area (Å²) in [5.74, 6) is -0.883. The molecule has 1 atom stereocenters. The Morgan fingerprint density at radius 3 is 2.21 bits per heavy atom. The maximum atomic E-state index is 13.4. The fourth-order valence-corrected chi connectivity index (χ4v) is 4.52. The molecular weight excluding hydrogens is 485 g/mol. The van der Waals surface area contributed by atoms with E-state index in [1.165, 1.54) is 11.0 Å². The number of anilines is 1. The predicted molar refractivity (Wildman–Crippen MR) is 133 cm³/mol. The van der Waals surface area contributed by atoms with Gasteiger partial charge in [0.05, 0.1) is 17.0 Å². The van der Waals surface area contributed by atoms with E-state index in [0.717, 1.165) is 23.4 Å². The molecule has 0 spiro atoms. The van der Waals surface area contributed by atoms with Gasteiger partial charge in [-0.3, -0.25) is 13.9 Å². The first-order valence-corrected chi connectivity index (χ1v) is 13.2. The molecule has 0 aliphatic carbocycles. The lowest BCUT2D eigenvalue weighted by Crippen LogP contribution is -2.51. The maximum Gasteiger partial charge on any atom is 0.244 e. The van der Waals surface area contributed by atoms with Gasteiger partial charge in [0.15, 0.2) is 0 Å². The Kier molecular flexibility index (Phi) is 10.0. The summed E-state index contributed by atoms with van der Waals surface area (Å²) in [6.07, 6.45) is 2.73. The second-order valence-electron chi connectivity index (χ2n) is 7.65. The third kappa shape index (κ3) is 7.62. The van der Waals surface area contributed by atoms with Crippen molar-refractivity contribution >= 4 is 50.7 Å². The minimum absolute atomic E-state index is 0.0427. The second kappa shape index (κ2) is 12.3. The van der Waals surface area contributed by atoms with Gasteiger partial charge >= 0.3 is 0 Å². The van der Waals surface area contributed by atoms with Gasteiger partial charge in [-0.2, -0.15) is 0 Å². The van der Waals surface area contributed by atoms with Crippen molar-refractivity contribution in [1.29, 1.82) is 0 Å². The number of benzene rings is 2. The zero-order chi connectivity index (χ0) is 24.6. The molecule has 2 aromatic carbocycles. The number of nitrogens with one attached hydrogen (secondary N) is 1. The number of carbonyl (C=O) groups is 2. The lowest BCUT2D eigenvalue weighted by atomic mass is 10.1. The first-order valence-electron chi connectivity index (χ1n) is 10.6. The summed E-state index contributed by atoms with van der Waals surface area (Å²) < 4.78 is 26.0. The van der Waals surface area contributed by atoms with Crippen LogP contribution in [0.25, 0.3) is 0 Å². The smallest absolute Gasteiger partial charge is 0.244 e. The number of unbranched alkanes of at least 4 members (excludes halogenated alkanes) is 1. The van der Waals surface area contributed by atoms with Crippen molar-refractivity contribution in [3.63, 3.8) is 0 Å². The van der Waals surface area contributed by atoms with E-state index in [4.69, 9.17) is 23.2 Å². The Hall–Kier alpha value is -2.29. The van der Waals surface area contributed by atoms with Gasteiger partial charge in [-0.05, 0) is 37.1 Å². The normalized spacial score (nSPS) is 12.2. The van der Waals surface area contributed by atoms with Crippen molar-refractivity contribution in [2.24, 2.45) is 0 Å². The third-order valence-corrected chi connectivity index (χ3v) is 6.91. The molecule has 0 fully saturated rings. The van der Waals surface area contributed by atoms with Gasteiger partial charge in [0.2, 0.25) is 21.8 Å². The monoisotopic (exact) mass is 513 g/mol. The molecule has 0 aliphatic rings. The highest BCUT2D eigenvalue weighted by Crippen LogP contribution is 2.27. The zero-order valence-electron chi connectivity index (χ0n) is 18.9. The van der Waals surface area contributed by atoms with Gasteiger partial charge in [-0.1, -0.05) is 66.9 Å². The molecular formula is C23H29Cl2N3O4S. The van der Waals surface area contributed by atoms with Crippen LogP contribution in [0.1, 0.15) is 32.3 Å². The van der Waals surface area contributed by atoms with Gasteiger partial charge in [0.1, 0.15) is 12.6 Å². The van der Waals surface area contributed by atoms with Gasteiger partial charge in [0.25, 0.3) is 0 Å². The number of para-hydroxylation sites is 1. The number of hydrogen-bond acceptors (Lipinski definition) is 4. The van der Waals surface area contributed by atoms with E-state index in [2.05, 4.69) is 5.32 Å². The number of carbonyl (C=O) groups excluding carboxylic acids is 2. The van der Waals surface area contributed by atoms with E-state index < -0.39 is 28.5 Å². The molecule has 0 bridgehead atoms. The van der Waals surface area contributed by atoms with E-state index in [1.807, 2.05) is 6.92 Å². The summed E-state index contributed by atoms with van der Waals surface area (Å²) in [5.41, 5.74) is 0.831. The van der Waals surface area contributed by atoms with Crippen molar-refractivity contribution in [2.75, 3.05) is 23.7 Å². The van der Waals surface area contributed by atoms with Crippen LogP contribution in [0, 0.1) is 0 Å². The lowest BCUT2D eigenvalue weighted by Gasteiger charge is -2.32. The third-order valence-electron chi connectivity index (χ3n) is 5.10. The first-order chi connectivity index (χ1) is 15.6. The van der Waals surface area contributed by atoms with Crippen molar-refractivity contribution in [3.8, 4) is 0 Å².